The van der Waals surface area contributed by atoms with Crippen LogP contribution in [-0.2, 0) is 9.53 Å². The van der Waals surface area contributed by atoms with Crippen molar-refractivity contribution < 1.29 is 18.7 Å². The van der Waals surface area contributed by atoms with Crippen LogP contribution in [0.2, 0.25) is 0 Å². The molecule has 1 aromatic carbocycles. The molecule has 24 heavy (non-hydrogen) atoms. The molecule has 134 valence electrons. The number of morpholine rings is 1. The van der Waals surface area contributed by atoms with Gasteiger partial charge in [-0.3, -0.25) is 9.69 Å². The van der Waals surface area contributed by atoms with Crippen molar-refractivity contribution in [2.75, 3.05) is 39.5 Å². The molecule has 1 unspecified atom stereocenters. The zero-order valence-corrected chi connectivity index (χ0v) is 15.6. The maximum Gasteiger partial charge on any atom is 0.257 e. The van der Waals surface area contributed by atoms with Gasteiger partial charge >= 0.3 is 0 Å². The second-order valence-corrected chi connectivity index (χ2v) is 7.04. The Morgan fingerprint density at radius 3 is 2.75 bits per heavy atom. The summed E-state index contributed by atoms with van der Waals surface area (Å²) in [7, 11) is 0. The van der Waals surface area contributed by atoms with Crippen LogP contribution in [0.25, 0.3) is 0 Å². The van der Waals surface area contributed by atoms with Gasteiger partial charge < -0.3 is 14.8 Å². The van der Waals surface area contributed by atoms with E-state index in [0.29, 0.717) is 16.9 Å². The zero-order chi connectivity index (χ0) is 17.5. The van der Waals surface area contributed by atoms with Crippen molar-refractivity contribution in [2.24, 2.45) is 5.92 Å². The Bertz CT molecular complexity index is 551. The van der Waals surface area contributed by atoms with Gasteiger partial charge in [-0.25, -0.2) is 4.39 Å². The van der Waals surface area contributed by atoms with Gasteiger partial charge in [-0.2, -0.15) is 0 Å². The van der Waals surface area contributed by atoms with Crippen molar-refractivity contribution in [3.05, 3.63) is 28.5 Å². The second-order valence-electron chi connectivity index (χ2n) is 6.13. The molecule has 0 spiro atoms. The number of halogens is 2. The summed E-state index contributed by atoms with van der Waals surface area (Å²) in [6, 6.07) is 4.73. The Hall–Kier alpha value is -1.18. The van der Waals surface area contributed by atoms with E-state index in [9.17, 15) is 9.18 Å². The predicted octanol–water partition coefficient (Wildman–Crippen LogP) is 2.44. The fourth-order valence-electron chi connectivity index (χ4n) is 2.70. The molecule has 0 bridgehead atoms. The molecule has 1 aromatic rings. The number of amides is 1. The Labute approximate surface area is 150 Å². The number of nitrogens with zero attached hydrogens (tertiary/aromatic N) is 1. The van der Waals surface area contributed by atoms with E-state index >= 15 is 0 Å². The van der Waals surface area contributed by atoms with Crippen LogP contribution in [0.15, 0.2) is 22.7 Å². The van der Waals surface area contributed by atoms with Gasteiger partial charge in [-0.15, -0.1) is 0 Å². The molecule has 1 N–H and O–H groups in total. The summed E-state index contributed by atoms with van der Waals surface area (Å²) >= 11 is 3.18. The molecular formula is C17H24BrFN2O3. The standard InChI is InChI=1S/C17H24BrFN2O3/c1-12(2)15(21-5-7-23-8-6-21)10-20-17(22)11-24-16-4-3-13(18)9-14(16)19/h3-4,9,12,15H,5-8,10-11H2,1-2H3,(H,20,22). The zero-order valence-electron chi connectivity index (χ0n) is 14.1. The molecule has 2 rings (SSSR count). The number of hydrogen-bond donors (Lipinski definition) is 1. The fraction of sp³-hybridized carbons (Fsp3) is 0.588. The van der Waals surface area contributed by atoms with Gasteiger partial charge in [0, 0.05) is 30.1 Å². The molecule has 1 atom stereocenters. The Morgan fingerprint density at radius 1 is 1.42 bits per heavy atom. The summed E-state index contributed by atoms with van der Waals surface area (Å²) in [5.41, 5.74) is 0. The lowest BCUT2D eigenvalue weighted by Gasteiger charge is -2.36. The summed E-state index contributed by atoms with van der Waals surface area (Å²) in [6.07, 6.45) is 0. The summed E-state index contributed by atoms with van der Waals surface area (Å²) in [6.45, 7) is 7.82. The largest absolute Gasteiger partial charge is 0.481 e. The van der Waals surface area contributed by atoms with Crippen LogP contribution < -0.4 is 10.1 Å². The number of benzene rings is 1. The van der Waals surface area contributed by atoms with E-state index in [-0.39, 0.29) is 24.3 Å². The molecule has 1 saturated heterocycles. The molecule has 0 aromatic heterocycles. The summed E-state index contributed by atoms with van der Waals surface area (Å²) < 4.78 is 24.9. The molecular weight excluding hydrogens is 379 g/mol. The summed E-state index contributed by atoms with van der Waals surface area (Å²) in [5, 5.41) is 2.88. The average Bonchev–Trinajstić information content (AvgIpc) is 2.55. The van der Waals surface area contributed by atoms with Gasteiger partial charge in [0.25, 0.3) is 5.91 Å². The smallest absolute Gasteiger partial charge is 0.257 e. The third kappa shape index (κ3) is 5.72. The van der Waals surface area contributed by atoms with E-state index in [2.05, 4.69) is 40.0 Å². The van der Waals surface area contributed by atoms with E-state index in [4.69, 9.17) is 9.47 Å². The van der Waals surface area contributed by atoms with Crippen LogP contribution >= 0.6 is 15.9 Å². The Morgan fingerprint density at radius 2 is 2.12 bits per heavy atom. The maximum absolute atomic E-state index is 13.7. The maximum atomic E-state index is 13.7. The highest BCUT2D eigenvalue weighted by Crippen LogP contribution is 2.21. The van der Waals surface area contributed by atoms with Gasteiger partial charge in [-0.05, 0) is 24.1 Å². The van der Waals surface area contributed by atoms with E-state index < -0.39 is 5.82 Å². The van der Waals surface area contributed by atoms with Crippen LogP contribution in [0.3, 0.4) is 0 Å². The molecule has 5 nitrogen and oxygen atoms in total. The van der Waals surface area contributed by atoms with Gasteiger partial charge in [0.05, 0.1) is 13.2 Å². The average molecular weight is 403 g/mol. The topological polar surface area (TPSA) is 50.8 Å². The minimum Gasteiger partial charge on any atom is -0.481 e. The predicted molar refractivity (Wildman–Crippen MR) is 93.6 cm³/mol. The van der Waals surface area contributed by atoms with E-state index in [1.165, 1.54) is 12.1 Å². The number of rotatable bonds is 7. The molecule has 7 heteroatoms. The van der Waals surface area contributed by atoms with Crippen molar-refractivity contribution in [3.63, 3.8) is 0 Å². The molecule has 1 amide bonds. The first-order chi connectivity index (χ1) is 11.5. The highest BCUT2D eigenvalue weighted by atomic mass is 79.9. The summed E-state index contributed by atoms with van der Waals surface area (Å²) in [4.78, 5) is 14.3. The molecule has 1 heterocycles. The minimum atomic E-state index is -0.495. The van der Waals surface area contributed by atoms with Gasteiger partial charge in [0.2, 0.25) is 0 Å². The van der Waals surface area contributed by atoms with Crippen molar-refractivity contribution >= 4 is 21.8 Å². The lowest BCUT2D eigenvalue weighted by Crippen LogP contribution is -2.51. The number of nitrogens with one attached hydrogen (secondary N) is 1. The number of carbonyl (C=O) groups excluding carboxylic acids is 1. The monoisotopic (exact) mass is 402 g/mol. The fourth-order valence-corrected chi connectivity index (χ4v) is 3.03. The normalized spacial score (nSPS) is 16.9. The van der Waals surface area contributed by atoms with Crippen molar-refractivity contribution in [1.29, 1.82) is 0 Å². The molecule has 0 radical (unpaired) electrons. The SMILES string of the molecule is CC(C)C(CNC(=O)COc1ccc(Br)cc1F)N1CCOCC1. The molecule has 0 saturated carbocycles. The molecule has 0 aliphatic carbocycles. The van der Waals surface area contributed by atoms with Crippen LogP contribution in [0, 0.1) is 11.7 Å². The highest BCUT2D eigenvalue weighted by molar-refractivity contribution is 9.10. The quantitative estimate of drug-likeness (QED) is 0.760. The third-order valence-corrected chi connectivity index (χ3v) is 4.54. The first-order valence-corrected chi connectivity index (χ1v) is 8.93. The Kier molecular flexibility index (Phi) is 7.45. The molecule has 1 aliphatic rings. The van der Waals surface area contributed by atoms with Crippen LogP contribution in [-0.4, -0.2) is 56.3 Å². The lowest BCUT2D eigenvalue weighted by molar-refractivity contribution is -0.123. The number of ether oxygens (including phenoxy) is 2. The minimum absolute atomic E-state index is 0.0712. The van der Waals surface area contributed by atoms with Crippen molar-refractivity contribution in [3.8, 4) is 5.75 Å². The Balaban J connectivity index is 1.80. The summed E-state index contributed by atoms with van der Waals surface area (Å²) in [5.74, 6) is -0.267. The first-order valence-electron chi connectivity index (χ1n) is 8.13. The van der Waals surface area contributed by atoms with Crippen molar-refractivity contribution in [2.45, 2.75) is 19.9 Å². The molecule has 1 fully saturated rings. The highest BCUT2D eigenvalue weighted by Gasteiger charge is 2.24. The van der Waals surface area contributed by atoms with Crippen LogP contribution in [0.4, 0.5) is 4.39 Å². The number of hydrogen-bond acceptors (Lipinski definition) is 4. The van der Waals surface area contributed by atoms with E-state index in [1.807, 2.05) is 0 Å². The number of carbonyl (C=O) groups is 1. The lowest BCUT2D eigenvalue weighted by atomic mass is 10.0. The van der Waals surface area contributed by atoms with Crippen LogP contribution in [0.5, 0.6) is 5.75 Å². The van der Waals surface area contributed by atoms with Crippen molar-refractivity contribution in [1.82, 2.24) is 10.2 Å². The second kappa shape index (κ2) is 9.34. The van der Waals surface area contributed by atoms with Crippen LogP contribution in [0.1, 0.15) is 13.8 Å². The van der Waals surface area contributed by atoms with E-state index in [1.54, 1.807) is 6.07 Å². The van der Waals surface area contributed by atoms with Gasteiger partial charge in [0.1, 0.15) is 0 Å². The van der Waals surface area contributed by atoms with Gasteiger partial charge in [-0.1, -0.05) is 29.8 Å². The van der Waals surface area contributed by atoms with E-state index in [0.717, 1.165) is 26.3 Å². The van der Waals surface area contributed by atoms with Gasteiger partial charge in [0.15, 0.2) is 18.2 Å². The third-order valence-electron chi connectivity index (χ3n) is 4.05. The first kappa shape index (κ1) is 19.1. The molecule has 1 aliphatic heterocycles.